The van der Waals surface area contributed by atoms with Crippen LogP contribution in [-0.4, -0.2) is 38.9 Å². The van der Waals surface area contributed by atoms with Crippen LogP contribution in [0.5, 0.6) is 0 Å². The molecule has 112 valence electrons. The van der Waals surface area contributed by atoms with Crippen molar-refractivity contribution in [3.8, 4) is 0 Å². The van der Waals surface area contributed by atoms with Gasteiger partial charge in [0.05, 0.1) is 4.90 Å². The zero-order chi connectivity index (χ0) is 14.9. The number of nitrogens with zero attached hydrogens (tertiary/aromatic N) is 2. The number of hydrogen-bond acceptors (Lipinski definition) is 3. The lowest BCUT2D eigenvalue weighted by molar-refractivity contribution is -0.670. The summed E-state index contributed by atoms with van der Waals surface area (Å²) in [7, 11) is -1.51. The summed E-state index contributed by atoms with van der Waals surface area (Å²) in [5.41, 5.74) is 0. The fourth-order valence-electron chi connectivity index (χ4n) is 2.73. The van der Waals surface area contributed by atoms with Crippen LogP contribution in [-0.2, 0) is 17.1 Å². The molecule has 0 unspecified atom stereocenters. The lowest BCUT2D eigenvalue weighted by Gasteiger charge is -2.20. The molecule has 0 saturated carbocycles. The van der Waals surface area contributed by atoms with Gasteiger partial charge in [0.2, 0.25) is 10.0 Å². The number of benzene rings is 1. The molecular weight excluding hydrogens is 286 g/mol. The van der Waals surface area contributed by atoms with E-state index in [9.17, 15) is 8.42 Å². The highest BCUT2D eigenvalue weighted by molar-refractivity contribution is 7.89. The maximum atomic E-state index is 12.9. The normalized spacial score (nSPS) is 17.8. The minimum atomic E-state index is -3.44. The fraction of sp³-hybridized carbons (Fsp3) is 0.400. The molecule has 2 aromatic rings. The number of aromatic nitrogens is 1. The zero-order valence-electron chi connectivity index (χ0n) is 12.1. The number of fused-ring (bicyclic) bond motifs is 1. The first-order valence-corrected chi connectivity index (χ1v) is 8.62. The summed E-state index contributed by atoms with van der Waals surface area (Å²) >= 11 is 0. The number of aryl methyl sites for hydroxylation is 1. The van der Waals surface area contributed by atoms with Crippen molar-refractivity contribution in [3.05, 3.63) is 36.7 Å². The van der Waals surface area contributed by atoms with E-state index in [0.717, 1.165) is 23.7 Å². The molecular formula is C15H20N3O2S+. The van der Waals surface area contributed by atoms with Crippen LogP contribution < -0.4 is 9.88 Å². The lowest BCUT2D eigenvalue weighted by atomic mass is 10.2. The van der Waals surface area contributed by atoms with E-state index in [2.05, 4.69) is 5.32 Å². The Hall–Kier alpha value is -1.50. The first-order chi connectivity index (χ1) is 10.1. The van der Waals surface area contributed by atoms with Gasteiger partial charge in [-0.2, -0.15) is 4.31 Å². The molecule has 1 aliphatic heterocycles. The zero-order valence-corrected chi connectivity index (χ0v) is 12.9. The molecule has 5 nitrogen and oxygen atoms in total. The molecule has 3 rings (SSSR count). The summed E-state index contributed by atoms with van der Waals surface area (Å²) in [6.45, 7) is 2.68. The van der Waals surface area contributed by atoms with E-state index in [-0.39, 0.29) is 0 Å². The Kier molecular flexibility index (Phi) is 3.93. The van der Waals surface area contributed by atoms with Crippen LogP contribution in [0.4, 0.5) is 0 Å². The Morgan fingerprint density at radius 3 is 2.90 bits per heavy atom. The highest BCUT2D eigenvalue weighted by atomic mass is 32.2. The van der Waals surface area contributed by atoms with Crippen LogP contribution >= 0.6 is 0 Å². The first-order valence-electron chi connectivity index (χ1n) is 7.18. The van der Waals surface area contributed by atoms with Gasteiger partial charge in [0.15, 0.2) is 12.4 Å². The molecule has 0 spiro atoms. The molecule has 1 aromatic carbocycles. The van der Waals surface area contributed by atoms with Gasteiger partial charge in [0, 0.05) is 36.5 Å². The molecule has 0 aliphatic carbocycles. The van der Waals surface area contributed by atoms with Crippen molar-refractivity contribution in [2.45, 2.75) is 11.3 Å². The van der Waals surface area contributed by atoms with E-state index in [1.165, 1.54) is 0 Å². The molecule has 6 heteroatoms. The Bertz CT molecular complexity index is 751. The Morgan fingerprint density at radius 1 is 1.19 bits per heavy atom. The minimum absolute atomic E-state index is 0.405. The third-order valence-corrected chi connectivity index (χ3v) is 5.79. The average molecular weight is 306 g/mol. The Labute approximate surface area is 125 Å². The molecule has 1 aliphatic rings. The van der Waals surface area contributed by atoms with Gasteiger partial charge in [-0.3, -0.25) is 0 Å². The van der Waals surface area contributed by atoms with Crippen LogP contribution in [0.1, 0.15) is 6.42 Å². The van der Waals surface area contributed by atoms with Crippen molar-refractivity contribution in [3.63, 3.8) is 0 Å². The molecule has 0 atom stereocenters. The van der Waals surface area contributed by atoms with Gasteiger partial charge in [-0.05, 0) is 25.1 Å². The Balaban J connectivity index is 2.10. The molecule has 2 heterocycles. The highest BCUT2D eigenvalue weighted by Gasteiger charge is 2.26. The van der Waals surface area contributed by atoms with Crippen molar-refractivity contribution >= 4 is 20.8 Å². The van der Waals surface area contributed by atoms with Crippen LogP contribution in [0, 0.1) is 0 Å². The fourth-order valence-corrected chi connectivity index (χ4v) is 4.43. The van der Waals surface area contributed by atoms with Gasteiger partial charge in [-0.25, -0.2) is 13.0 Å². The average Bonchev–Trinajstić information content (AvgIpc) is 2.75. The highest BCUT2D eigenvalue weighted by Crippen LogP contribution is 2.25. The monoisotopic (exact) mass is 306 g/mol. The van der Waals surface area contributed by atoms with Crippen molar-refractivity contribution in [2.75, 3.05) is 26.2 Å². The maximum absolute atomic E-state index is 12.9. The molecule has 0 radical (unpaired) electrons. The molecule has 0 bridgehead atoms. The summed E-state index contributed by atoms with van der Waals surface area (Å²) in [6.07, 6.45) is 4.67. The second-order valence-electron chi connectivity index (χ2n) is 5.38. The molecule has 1 fully saturated rings. The molecule has 0 amide bonds. The third-order valence-electron chi connectivity index (χ3n) is 3.84. The largest absolute Gasteiger partial charge is 0.315 e. The molecule has 21 heavy (non-hydrogen) atoms. The second-order valence-corrected chi connectivity index (χ2v) is 7.28. The van der Waals surface area contributed by atoms with E-state index >= 15 is 0 Å². The quantitative estimate of drug-likeness (QED) is 0.829. The van der Waals surface area contributed by atoms with E-state index in [0.29, 0.717) is 24.5 Å². The van der Waals surface area contributed by atoms with Crippen LogP contribution in [0.15, 0.2) is 41.6 Å². The minimum Gasteiger partial charge on any atom is -0.315 e. The summed E-state index contributed by atoms with van der Waals surface area (Å²) < 4.78 is 29.4. The Morgan fingerprint density at radius 2 is 2.05 bits per heavy atom. The summed E-state index contributed by atoms with van der Waals surface area (Å²) in [5.74, 6) is 0. The van der Waals surface area contributed by atoms with Crippen molar-refractivity contribution < 1.29 is 13.0 Å². The van der Waals surface area contributed by atoms with Crippen molar-refractivity contribution in [2.24, 2.45) is 7.05 Å². The third kappa shape index (κ3) is 2.79. The second kappa shape index (κ2) is 5.71. The number of pyridine rings is 1. The number of nitrogens with one attached hydrogen (secondary N) is 1. The van der Waals surface area contributed by atoms with Crippen LogP contribution in [0.25, 0.3) is 10.8 Å². The van der Waals surface area contributed by atoms with Gasteiger partial charge < -0.3 is 5.32 Å². The van der Waals surface area contributed by atoms with Gasteiger partial charge >= 0.3 is 0 Å². The predicted octanol–water partition coefficient (Wildman–Crippen LogP) is 0.648. The summed E-state index contributed by atoms with van der Waals surface area (Å²) in [4.78, 5) is 0.405. The number of rotatable bonds is 2. The van der Waals surface area contributed by atoms with Gasteiger partial charge in [-0.15, -0.1) is 0 Å². The first kappa shape index (κ1) is 14.4. The predicted molar refractivity (Wildman–Crippen MR) is 81.4 cm³/mol. The molecule has 1 aromatic heterocycles. The van der Waals surface area contributed by atoms with E-state index in [4.69, 9.17) is 0 Å². The lowest BCUT2D eigenvalue weighted by Crippen LogP contribution is -2.34. The summed E-state index contributed by atoms with van der Waals surface area (Å²) in [5, 5.41) is 4.96. The maximum Gasteiger partial charge on any atom is 0.243 e. The van der Waals surface area contributed by atoms with E-state index in [1.54, 1.807) is 10.4 Å². The smallest absolute Gasteiger partial charge is 0.243 e. The van der Waals surface area contributed by atoms with Crippen molar-refractivity contribution in [1.82, 2.24) is 9.62 Å². The molecule has 1 N–H and O–H groups in total. The SMILES string of the molecule is C[n+]1ccc2c(S(=O)(=O)N3CCCNCC3)cccc2c1. The topological polar surface area (TPSA) is 53.3 Å². The molecule has 1 saturated heterocycles. The van der Waals surface area contributed by atoms with E-state index < -0.39 is 10.0 Å². The van der Waals surface area contributed by atoms with Crippen molar-refractivity contribution in [1.29, 1.82) is 0 Å². The van der Waals surface area contributed by atoms with Crippen LogP contribution in [0.3, 0.4) is 0 Å². The van der Waals surface area contributed by atoms with Gasteiger partial charge in [-0.1, -0.05) is 6.07 Å². The van der Waals surface area contributed by atoms with Crippen LogP contribution in [0.2, 0.25) is 0 Å². The van der Waals surface area contributed by atoms with Gasteiger partial charge in [0.1, 0.15) is 7.05 Å². The summed E-state index contributed by atoms with van der Waals surface area (Å²) in [6, 6.07) is 7.33. The standard InChI is InChI=1S/C15H20N3O2S/c1-17-10-6-14-13(12-17)4-2-5-15(14)21(19,20)18-9-3-7-16-8-11-18/h2,4-6,10,12,16H,3,7-9,11H2,1H3/q+1. The number of sulfonamides is 1. The van der Waals surface area contributed by atoms with Gasteiger partial charge in [0.25, 0.3) is 0 Å². The number of hydrogen-bond donors (Lipinski definition) is 1. The van der Waals surface area contributed by atoms with E-state index in [1.807, 2.05) is 42.2 Å².